The minimum Gasteiger partial charge on any atom is -0.457 e. The van der Waals surface area contributed by atoms with Gasteiger partial charge in [-0.15, -0.1) is 0 Å². The summed E-state index contributed by atoms with van der Waals surface area (Å²) in [6.07, 6.45) is 1.73. The van der Waals surface area contributed by atoms with Crippen molar-refractivity contribution >= 4 is 17.5 Å². The highest BCUT2D eigenvalue weighted by Crippen LogP contribution is 2.24. The highest BCUT2D eigenvalue weighted by atomic mass is 16.5. The zero-order valence-corrected chi connectivity index (χ0v) is 14.7. The SMILES string of the molecule is CC(C)(C)Nc1nccc(Nc2ccc(Oc3ccccc3)cc2)n1. The summed E-state index contributed by atoms with van der Waals surface area (Å²) in [5.41, 5.74) is 0.843. The van der Waals surface area contributed by atoms with E-state index in [9.17, 15) is 0 Å². The first kappa shape index (κ1) is 16.8. The molecule has 5 nitrogen and oxygen atoms in total. The highest BCUT2D eigenvalue weighted by Gasteiger charge is 2.11. The zero-order valence-electron chi connectivity index (χ0n) is 14.7. The van der Waals surface area contributed by atoms with E-state index >= 15 is 0 Å². The van der Waals surface area contributed by atoms with E-state index in [2.05, 4.69) is 41.4 Å². The van der Waals surface area contributed by atoms with Gasteiger partial charge in [0.2, 0.25) is 5.95 Å². The van der Waals surface area contributed by atoms with Gasteiger partial charge in [-0.3, -0.25) is 0 Å². The predicted octanol–water partition coefficient (Wildman–Crippen LogP) is 5.22. The lowest BCUT2D eigenvalue weighted by Gasteiger charge is -2.20. The van der Waals surface area contributed by atoms with Gasteiger partial charge < -0.3 is 15.4 Å². The van der Waals surface area contributed by atoms with E-state index in [1.54, 1.807) is 6.20 Å². The fourth-order valence-electron chi connectivity index (χ4n) is 2.20. The van der Waals surface area contributed by atoms with E-state index in [1.807, 2.05) is 60.7 Å². The Morgan fingerprint density at radius 1 is 0.840 bits per heavy atom. The topological polar surface area (TPSA) is 59.1 Å². The van der Waals surface area contributed by atoms with E-state index in [0.717, 1.165) is 23.0 Å². The van der Waals surface area contributed by atoms with E-state index in [1.165, 1.54) is 0 Å². The van der Waals surface area contributed by atoms with E-state index in [0.29, 0.717) is 5.95 Å². The van der Waals surface area contributed by atoms with Gasteiger partial charge in [0.15, 0.2) is 0 Å². The Kier molecular flexibility index (Phi) is 4.84. The molecule has 0 aliphatic heterocycles. The third-order valence-electron chi connectivity index (χ3n) is 3.25. The molecule has 1 aromatic heterocycles. The van der Waals surface area contributed by atoms with Crippen LogP contribution in [0.5, 0.6) is 11.5 Å². The van der Waals surface area contributed by atoms with Gasteiger partial charge in [-0.1, -0.05) is 18.2 Å². The number of para-hydroxylation sites is 1. The Hall–Kier alpha value is -3.08. The molecule has 0 fully saturated rings. The van der Waals surface area contributed by atoms with E-state index in [-0.39, 0.29) is 5.54 Å². The van der Waals surface area contributed by atoms with Gasteiger partial charge in [0.25, 0.3) is 0 Å². The Bertz CT molecular complexity index is 811. The maximum atomic E-state index is 5.79. The number of hydrogen-bond acceptors (Lipinski definition) is 5. The van der Waals surface area contributed by atoms with Crippen molar-refractivity contribution < 1.29 is 4.74 Å². The Morgan fingerprint density at radius 3 is 2.20 bits per heavy atom. The van der Waals surface area contributed by atoms with E-state index in [4.69, 9.17) is 4.74 Å². The number of nitrogens with zero attached hydrogens (tertiary/aromatic N) is 2. The van der Waals surface area contributed by atoms with Crippen molar-refractivity contribution in [3.05, 3.63) is 66.9 Å². The molecule has 0 radical (unpaired) electrons. The van der Waals surface area contributed by atoms with Gasteiger partial charge in [0.1, 0.15) is 17.3 Å². The molecule has 0 amide bonds. The number of benzene rings is 2. The largest absolute Gasteiger partial charge is 0.457 e. The number of ether oxygens (including phenoxy) is 1. The third-order valence-corrected chi connectivity index (χ3v) is 3.25. The van der Waals surface area contributed by atoms with Crippen molar-refractivity contribution in [1.29, 1.82) is 0 Å². The molecule has 0 aliphatic rings. The molecule has 0 aliphatic carbocycles. The number of nitrogens with one attached hydrogen (secondary N) is 2. The second-order valence-electron chi connectivity index (χ2n) is 6.70. The first-order valence-corrected chi connectivity index (χ1v) is 8.19. The van der Waals surface area contributed by atoms with Crippen LogP contribution in [0.25, 0.3) is 0 Å². The first-order valence-electron chi connectivity index (χ1n) is 8.19. The van der Waals surface area contributed by atoms with Gasteiger partial charge >= 0.3 is 0 Å². The number of hydrogen-bond donors (Lipinski definition) is 2. The molecule has 0 saturated carbocycles. The molecule has 0 bridgehead atoms. The molecule has 2 aromatic carbocycles. The summed E-state index contributed by atoms with van der Waals surface area (Å²) in [6, 6.07) is 19.3. The van der Waals surface area contributed by atoms with Gasteiger partial charge in [-0.05, 0) is 63.2 Å². The van der Waals surface area contributed by atoms with Gasteiger partial charge in [-0.2, -0.15) is 4.98 Å². The second-order valence-corrected chi connectivity index (χ2v) is 6.70. The van der Waals surface area contributed by atoms with Gasteiger partial charge in [-0.25, -0.2) is 4.98 Å². The molecule has 3 aromatic rings. The van der Waals surface area contributed by atoms with Crippen LogP contribution in [0.4, 0.5) is 17.5 Å². The minimum absolute atomic E-state index is 0.0882. The Balaban J connectivity index is 1.66. The molecule has 0 unspecified atom stereocenters. The van der Waals surface area contributed by atoms with Crippen molar-refractivity contribution in [3.8, 4) is 11.5 Å². The molecule has 2 N–H and O–H groups in total. The maximum absolute atomic E-state index is 5.79. The minimum atomic E-state index is -0.0882. The van der Waals surface area contributed by atoms with Crippen LogP contribution < -0.4 is 15.4 Å². The smallest absolute Gasteiger partial charge is 0.225 e. The Morgan fingerprint density at radius 2 is 1.52 bits per heavy atom. The zero-order chi connectivity index (χ0) is 17.7. The van der Waals surface area contributed by atoms with Crippen LogP contribution in [-0.2, 0) is 0 Å². The Labute approximate surface area is 148 Å². The number of anilines is 3. The molecule has 0 atom stereocenters. The molecule has 3 rings (SSSR count). The summed E-state index contributed by atoms with van der Waals surface area (Å²) in [4.78, 5) is 8.72. The molecular weight excluding hydrogens is 312 g/mol. The quantitative estimate of drug-likeness (QED) is 0.669. The molecule has 1 heterocycles. The average Bonchev–Trinajstić information content (AvgIpc) is 2.56. The van der Waals surface area contributed by atoms with Crippen LogP contribution in [0.3, 0.4) is 0 Å². The van der Waals surface area contributed by atoms with E-state index < -0.39 is 0 Å². The third kappa shape index (κ3) is 5.21. The lowest BCUT2D eigenvalue weighted by atomic mass is 10.1. The number of aromatic nitrogens is 2. The summed E-state index contributed by atoms with van der Waals surface area (Å²) in [7, 11) is 0. The van der Waals surface area contributed by atoms with Crippen LogP contribution in [0.1, 0.15) is 20.8 Å². The van der Waals surface area contributed by atoms with Crippen LogP contribution in [0.2, 0.25) is 0 Å². The average molecular weight is 334 g/mol. The van der Waals surface area contributed by atoms with Crippen LogP contribution in [-0.4, -0.2) is 15.5 Å². The first-order chi connectivity index (χ1) is 12.0. The fourth-order valence-corrected chi connectivity index (χ4v) is 2.20. The standard InChI is InChI=1S/C20H22N4O/c1-20(2,3)24-19-21-14-13-18(23-19)22-15-9-11-17(12-10-15)25-16-7-5-4-6-8-16/h4-14H,1-3H3,(H2,21,22,23,24). The van der Waals surface area contributed by atoms with Crippen molar-refractivity contribution in [2.24, 2.45) is 0 Å². The lowest BCUT2D eigenvalue weighted by Crippen LogP contribution is -2.27. The summed E-state index contributed by atoms with van der Waals surface area (Å²) in [5, 5.41) is 6.54. The highest BCUT2D eigenvalue weighted by molar-refractivity contribution is 5.58. The normalized spacial score (nSPS) is 11.0. The molecule has 5 heteroatoms. The van der Waals surface area contributed by atoms with Gasteiger partial charge in [0, 0.05) is 17.4 Å². The van der Waals surface area contributed by atoms with Crippen LogP contribution in [0.15, 0.2) is 66.9 Å². The van der Waals surface area contributed by atoms with Crippen LogP contribution >= 0.6 is 0 Å². The molecule has 128 valence electrons. The predicted molar refractivity (Wildman–Crippen MR) is 102 cm³/mol. The van der Waals surface area contributed by atoms with Crippen molar-refractivity contribution in [1.82, 2.24) is 9.97 Å². The maximum Gasteiger partial charge on any atom is 0.225 e. The fraction of sp³-hybridized carbons (Fsp3) is 0.200. The van der Waals surface area contributed by atoms with Crippen molar-refractivity contribution in [3.63, 3.8) is 0 Å². The summed E-state index contributed by atoms with van der Waals surface area (Å²) in [5.74, 6) is 2.94. The molecule has 0 saturated heterocycles. The molecule has 25 heavy (non-hydrogen) atoms. The van der Waals surface area contributed by atoms with Crippen molar-refractivity contribution in [2.75, 3.05) is 10.6 Å². The van der Waals surface area contributed by atoms with Gasteiger partial charge in [0.05, 0.1) is 0 Å². The molecular formula is C20H22N4O. The monoisotopic (exact) mass is 334 g/mol. The number of rotatable bonds is 5. The summed E-state index contributed by atoms with van der Waals surface area (Å²) >= 11 is 0. The summed E-state index contributed by atoms with van der Waals surface area (Å²) in [6.45, 7) is 6.21. The summed E-state index contributed by atoms with van der Waals surface area (Å²) < 4.78 is 5.79. The second kappa shape index (κ2) is 7.21. The molecule has 0 spiro atoms. The van der Waals surface area contributed by atoms with Crippen molar-refractivity contribution in [2.45, 2.75) is 26.3 Å². The lowest BCUT2D eigenvalue weighted by molar-refractivity contribution is 0.483. The van der Waals surface area contributed by atoms with Crippen LogP contribution in [0, 0.1) is 0 Å².